The lowest BCUT2D eigenvalue weighted by Crippen LogP contribution is -2.29. The molecule has 0 bridgehead atoms. The van der Waals surface area contributed by atoms with Crippen LogP contribution in [0.1, 0.15) is 33.3 Å². The van der Waals surface area contributed by atoms with E-state index in [0.717, 1.165) is 5.56 Å². The predicted octanol–water partition coefficient (Wildman–Crippen LogP) is 4.50. The lowest BCUT2D eigenvalue weighted by atomic mass is 9.98. The number of carbonyl (C=O) groups is 1. The maximum Gasteiger partial charge on any atom is 0.291 e. The van der Waals surface area contributed by atoms with E-state index in [-0.39, 0.29) is 40.0 Å². The molecule has 158 valence electrons. The monoisotopic (exact) mass is 447 g/mol. The number of rotatable bonds is 4. The number of benzene rings is 2. The molecule has 4 aromatic rings. The third kappa shape index (κ3) is 3.21. The molecule has 3 heterocycles. The van der Waals surface area contributed by atoms with E-state index in [0.29, 0.717) is 10.6 Å². The molecular formula is C23H14ClN3O5. The third-order valence-electron chi connectivity index (χ3n) is 5.42. The lowest BCUT2D eigenvalue weighted by molar-refractivity contribution is -0.384. The molecule has 0 aliphatic carbocycles. The van der Waals surface area contributed by atoms with Crippen molar-refractivity contribution < 1.29 is 14.1 Å². The number of aromatic nitrogens is 1. The SMILES string of the molecule is O=C1c2oc3ccc(Cl)cc3c(=O)c2C(c2ccc([N+](=O)[O-])cc2)N1Cc1cccnc1. The minimum atomic E-state index is -0.779. The Hall–Kier alpha value is -4.04. The van der Waals surface area contributed by atoms with Gasteiger partial charge in [0.2, 0.25) is 5.76 Å². The second-order valence-corrected chi connectivity index (χ2v) is 7.80. The van der Waals surface area contributed by atoms with Crippen molar-refractivity contribution in [3.8, 4) is 0 Å². The Bertz CT molecular complexity index is 1430. The summed E-state index contributed by atoms with van der Waals surface area (Å²) in [6.07, 6.45) is 3.26. The summed E-state index contributed by atoms with van der Waals surface area (Å²) in [5, 5.41) is 11.7. The number of carbonyl (C=O) groups excluding carboxylic acids is 1. The Morgan fingerprint density at radius 1 is 1.12 bits per heavy atom. The average molecular weight is 448 g/mol. The quantitative estimate of drug-likeness (QED) is 0.337. The Kier molecular flexibility index (Phi) is 4.71. The molecule has 8 nitrogen and oxygen atoms in total. The van der Waals surface area contributed by atoms with Gasteiger partial charge >= 0.3 is 0 Å². The normalized spacial score (nSPS) is 15.2. The Morgan fingerprint density at radius 3 is 2.59 bits per heavy atom. The van der Waals surface area contributed by atoms with E-state index in [2.05, 4.69) is 4.98 Å². The number of nitro groups is 1. The fourth-order valence-corrected chi connectivity index (χ4v) is 4.14. The van der Waals surface area contributed by atoms with Crippen molar-refractivity contribution in [3.05, 3.63) is 115 Å². The second kappa shape index (κ2) is 7.58. The number of hydrogen-bond acceptors (Lipinski definition) is 6. The first-order valence-corrected chi connectivity index (χ1v) is 10.0. The van der Waals surface area contributed by atoms with Crippen LogP contribution in [0.2, 0.25) is 5.02 Å². The minimum absolute atomic E-state index is 0.0444. The highest BCUT2D eigenvalue weighted by atomic mass is 35.5. The number of halogens is 1. The van der Waals surface area contributed by atoms with Crippen LogP contribution in [0, 0.1) is 10.1 Å². The summed E-state index contributed by atoms with van der Waals surface area (Å²) in [5.41, 5.74) is 1.31. The van der Waals surface area contributed by atoms with Gasteiger partial charge in [0.15, 0.2) is 5.43 Å². The fraction of sp³-hybridized carbons (Fsp3) is 0.0870. The summed E-state index contributed by atoms with van der Waals surface area (Å²) >= 11 is 6.08. The fourth-order valence-electron chi connectivity index (χ4n) is 3.97. The van der Waals surface area contributed by atoms with Gasteiger partial charge in [-0.15, -0.1) is 0 Å². The van der Waals surface area contributed by atoms with Crippen LogP contribution >= 0.6 is 11.6 Å². The van der Waals surface area contributed by atoms with Crippen molar-refractivity contribution in [2.45, 2.75) is 12.6 Å². The summed E-state index contributed by atoms with van der Waals surface area (Å²) in [7, 11) is 0. The van der Waals surface area contributed by atoms with Gasteiger partial charge in [0.05, 0.1) is 21.9 Å². The van der Waals surface area contributed by atoms with Gasteiger partial charge < -0.3 is 9.32 Å². The van der Waals surface area contributed by atoms with Crippen LogP contribution in [0.5, 0.6) is 0 Å². The summed E-state index contributed by atoms with van der Waals surface area (Å²) < 4.78 is 5.86. The van der Waals surface area contributed by atoms with E-state index in [1.807, 2.05) is 6.07 Å². The van der Waals surface area contributed by atoms with Crippen LogP contribution in [0.25, 0.3) is 11.0 Å². The predicted molar refractivity (Wildman–Crippen MR) is 117 cm³/mol. The van der Waals surface area contributed by atoms with E-state index in [1.54, 1.807) is 42.7 Å². The molecule has 1 aliphatic heterocycles. The summed E-state index contributed by atoms with van der Waals surface area (Å²) in [5.74, 6) is -0.488. The zero-order valence-electron chi connectivity index (χ0n) is 16.4. The van der Waals surface area contributed by atoms with Crippen molar-refractivity contribution in [2.24, 2.45) is 0 Å². The maximum absolute atomic E-state index is 13.5. The molecule has 2 aromatic heterocycles. The van der Waals surface area contributed by atoms with Crippen LogP contribution in [0.15, 0.2) is 76.2 Å². The van der Waals surface area contributed by atoms with Gasteiger partial charge in [0.1, 0.15) is 5.58 Å². The van der Waals surface area contributed by atoms with Crippen LogP contribution in [-0.4, -0.2) is 20.7 Å². The number of non-ortho nitro benzene ring substituents is 1. The van der Waals surface area contributed by atoms with E-state index in [4.69, 9.17) is 16.0 Å². The zero-order valence-corrected chi connectivity index (χ0v) is 17.2. The number of nitro benzene ring substituents is 1. The van der Waals surface area contributed by atoms with Gasteiger partial charge in [0.25, 0.3) is 11.6 Å². The van der Waals surface area contributed by atoms with E-state index in [9.17, 15) is 19.7 Å². The van der Waals surface area contributed by atoms with Crippen molar-refractivity contribution in [2.75, 3.05) is 0 Å². The van der Waals surface area contributed by atoms with Crippen molar-refractivity contribution in [3.63, 3.8) is 0 Å². The van der Waals surface area contributed by atoms with Gasteiger partial charge in [-0.1, -0.05) is 17.7 Å². The largest absolute Gasteiger partial charge is 0.450 e. The summed E-state index contributed by atoms with van der Waals surface area (Å²) in [4.78, 5) is 43.0. The first-order chi connectivity index (χ1) is 15.4. The first kappa shape index (κ1) is 19.9. The third-order valence-corrected chi connectivity index (χ3v) is 5.66. The van der Waals surface area contributed by atoms with Crippen LogP contribution in [0.4, 0.5) is 5.69 Å². The second-order valence-electron chi connectivity index (χ2n) is 7.36. The molecule has 1 unspecified atom stereocenters. The number of fused-ring (bicyclic) bond motifs is 2. The van der Waals surface area contributed by atoms with Gasteiger partial charge in [0, 0.05) is 36.1 Å². The summed E-state index contributed by atoms with van der Waals surface area (Å²) in [6, 6.07) is 13.2. The highest BCUT2D eigenvalue weighted by Gasteiger charge is 2.42. The van der Waals surface area contributed by atoms with Crippen molar-refractivity contribution in [1.29, 1.82) is 0 Å². The van der Waals surface area contributed by atoms with Crippen LogP contribution < -0.4 is 5.43 Å². The molecule has 1 aliphatic rings. The van der Waals surface area contributed by atoms with E-state index >= 15 is 0 Å². The Labute approximate surface area is 185 Å². The topological polar surface area (TPSA) is 107 Å². The van der Waals surface area contributed by atoms with Crippen molar-refractivity contribution >= 4 is 34.2 Å². The maximum atomic E-state index is 13.5. The van der Waals surface area contributed by atoms with Gasteiger partial charge in [-0.25, -0.2) is 0 Å². The Balaban J connectivity index is 1.72. The van der Waals surface area contributed by atoms with E-state index in [1.165, 1.54) is 23.1 Å². The molecule has 5 rings (SSSR count). The number of pyridine rings is 1. The molecular weight excluding hydrogens is 434 g/mol. The smallest absolute Gasteiger partial charge is 0.291 e. The molecule has 0 saturated carbocycles. The zero-order chi connectivity index (χ0) is 22.4. The standard InChI is InChI=1S/C23H14ClN3O5/c24-15-5-8-18-17(10-15)21(28)19-20(14-3-6-16(7-4-14)27(30)31)26(23(29)22(19)32-18)12-13-2-1-9-25-11-13/h1-11,20H,12H2. The number of hydrogen-bond donors (Lipinski definition) is 0. The summed E-state index contributed by atoms with van der Waals surface area (Å²) in [6.45, 7) is 0.176. The van der Waals surface area contributed by atoms with Gasteiger partial charge in [-0.3, -0.25) is 24.7 Å². The molecule has 0 fully saturated rings. The highest BCUT2D eigenvalue weighted by molar-refractivity contribution is 6.31. The van der Waals surface area contributed by atoms with Crippen LogP contribution in [-0.2, 0) is 6.54 Å². The Morgan fingerprint density at radius 2 is 1.91 bits per heavy atom. The van der Waals surface area contributed by atoms with E-state index < -0.39 is 16.9 Å². The number of amides is 1. The van der Waals surface area contributed by atoms with Crippen molar-refractivity contribution in [1.82, 2.24) is 9.88 Å². The average Bonchev–Trinajstić information content (AvgIpc) is 3.07. The molecule has 1 amide bonds. The lowest BCUT2D eigenvalue weighted by Gasteiger charge is -2.25. The molecule has 0 spiro atoms. The molecule has 0 N–H and O–H groups in total. The van der Waals surface area contributed by atoms with Gasteiger partial charge in [-0.05, 0) is 47.5 Å². The molecule has 9 heteroatoms. The minimum Gasteiger partial charge on any atom is -0.450 e. The molecule has 1 atom stereocenters. The molecule has 0 saturated heterocycles. The van der Waals surface area contributed by atoms with Crippen LogP contribution in [0.3, 0.4) is 0 Å². The first-order valence-electron chi connectivity index (χ1n) is 9.64. The molecule has 32 heavy (non-hydrogen) atoms. The number of nitrogens with zero attached hydrogens (tertiary/aromatic N) is 3. The molecule has 2 aromatic carbocycles. The molecule has 0 radical (unpaired) electrons. The van der Waals surface area contributed by atoms with Gasteiger partial charge in [-0.2, -0.15) is 0 Å². The highest BCUT2D eigenvalue weighted by Crippen LogP contribution is 2.39.